The van der Waals surface area contributed by atoms with E-state index in [4.69, 9.17) is 0 Å². The lowest BCUT2D eigenvalue weighted by Crippen LogP contribution is -2.57. The first-order chi connectivity index (χ1) is 13.9. The fraction of sp³-hybridized carbons (Fsp3) is 0.833. The molecule has 5 aliphatic carbocycles. The van der Waals surface area contributed by atoms with E-state index in [1.165, 1.54) is 5.57 Å². The van der Waals surface area contributed by atoms with E-state index in [0.717, 1.165) is 38.5 Å². The van der Waals surface area contributed by atoms with Crippen molar-refractivity contribution in [3.05, 3.63) is 11.6 Å². The highest BCUT2D eigenvalue weighted by molar-refractivity contribution is 5.91. The second-order valence-electron chi connectivity index (χ2n) is 10.6. The van der Waals surface area contributed by atoms with Crippen molar-refractivity contribution < 1.29 is 24.9 Å². The summed E-state index contributed by atoms with van der Waals surface area (Å²) in [5.41, 5.74) is 0.164. The minimum atomic E-state index is -0.853. The maximum absolute atomic E-state index is 12.1. The smallest absolute Gasteiger partial charge is 0.303 e. The number of carboxylic acids is 1. The van der Waals surface area contributed by atoms with Crippen LogP contribution in [0.2, 0.25) is 0 Å². The summed E-state index contributed by atoms with van der Waals surface area (Å²) in [4.78, 5) is 23.3. The molecule has 0 unspecified atom stereocenters. The van der Waals surface area contributed by atoms with Gasteiger partial charge < -0.3 is 15.3 Å². The summed E-state index contributed by atoms with van der Waals surface area (Å²) in [5, 5.41) is 31.3. The Labute approximate surface area is 172 Å². The van der Waals surface area contributed by atoms with Crippen molar-refractivity contribution in [3.63, 3.8) is 0 Å². The molecule has 4 fully saturated rings. The van der Waals surface area contributed by atoms with Crippen molar-refractivity contribution in [2.45, 2.75) is 70.3 Å². The Morgan fingerprint density at radius 3 is 2.69 bits per heavy atom. The summed E-state index contributed by atoms with van der Waals surface area (Å²) >= 11 is 0. The molecule has 5 rings (SSSR count). The van der Waals surface area contributed by atoms with E-state index in [2.05, 4.69) is 6.92 Å². The molecule has 4 saturated carbocycles. The first-order valence-corrected chi connectivity index (χ1v) is 11.7. The quantitative estimate of drug-likeness (QED) is 0.656. The van der Waals surface area contributed by atoms with E-state index in [9.17, 15) is 24.9 Å². The SMILES string of the molecule is CC[C@]12CC[C@H]3[C@@H](C[C@@H](CO)C4=CC(=O)CC[C@@H]43)[C@@H]1[C@H]1C[C@H]1[C@@]2(O)CCC(=O)O. The van der Waals surface area contributed by atoms with Crippen LogP contribution in [0.15, 0.2) is 11.6 Å². The molecule has 5 heteroatoms. The average molecular weight is 403 g/mol. The minimum absolute atomic E-state index is 0.0408. The number of fused-ring (bicyclic) bond motifs is 7. The molecule has 0 amide bonds. The van der Waals surface area contributed by atoms with Crippen LogP contribution < -0.4 is 0 Å². The zero-order valence-corrected chi connectivity index (χ0v) is 17.3. The lowest BCUT2D eigenvalue weighted by atomic mass is 9.46. The number of hydrogen-bond acceptors (Lipinski definition) is 4. The van der Waals surface area contributed by atoms with Gasteiger partial charge in [0.2, 0.25) is 0 Å². The molecule has 0 aliphatic heterocycles. The van der Waals surface area contributed by atoms with Crippen LogP contribution in [0.25, 0.3) is 0 Å². The molecule has 0 bridgehead atoms. The van der Waals surface area contributed by atoms with Gasteiger partial charge in [-0.15, -0.1) is 0 Å². The lowest BCUT2D eigenvalue weighted by molar-refractivity contribution is -0.163. The second-order valence-corrected chi connectivity index (χ2v) is 10.6. The maximum Gasteiger partial charge on any atom is 0.303 e. The topological polar surface area (TPSA) is 94.8 Å². The Morgan fingerprint density at radius 1 is 1.21 bits per heavy atom. The van der Waals surface area contributed by atoms with Gasteiger partial charge >= 0.3 is 5.97 Å². The minimum Gasteiger partial charge on any atom is -0.481 e. The molecular formula is C24H34O5. The van der Waals surface area contributed by atoms with E-state index in [1.54, 1.807) is 0 Å². The van der Waals surface area contributed by atoms with E-state index in [-0.39, 0.29) is 36.1 Å². The summed E-state index contributed by atoms with van der Waals surface area (Å²) < 4.78 is 0. The van der Waals surface area contributed by atoms with Crippen LogP contribution in [0.1, 0.15) is 64.7 Å². The van der Waals surface area contributed by atoms with Gasteiger partial charge in [-0.25, -0.2) is 0 Å². The zero-order valence-electron chi connectivity index (χ0n) is 17.3. The van der Waals surface area contributed by atoms with Gasteiger partial charge in [-0.05, 0) is 86.5 Å². The predicted octanol–water partition coefficient (Wildman–Crippen LogP) is 3.19. The highest BCUT2D eigenvalue weighted by atomic mass is 16.4. The van der Waals surface area contributed by atoms with E-state index >= 15 is 0 Å². The zero-order chi connectivity index (χ0) is 20.6. The number of ketones is 1. The number of carbonyl (C=O) groups excluding carboxylic acids is 1. The number of rotatable bonds is 5. The third-order valence-electron chi connectivity index (χ3n) is 9.92. The monoisotopic (exact) mass is 402 g/mol. The van der Waals surface area contributed by atoms with Gasteiger partial charge in [-0.1, -0.05) is 12.5 Å². The molecule has 9 atom stereocenters. The van der Waals surface area contributed by atoms with Gasteiger partial charge in [0.05, 0.1) is 5.60 Å². The normalized spacial score (nSPS) is 50.1. The third-order valence-corrected chi connectivity index (χ3v) is 9.92. The van der Waals surface area contributed by atoms with Crippen molar-refractivity contribution in [1.82, 2.24) is 0 Å². The van der Waals surface area contributed by atoms with E-state index in [1.807, 2.05) is 6.08 Å². The molecule has 0 heterocycles. The van der Waals surface area contributed by atoms with E-state index in [0.29, 0.717) is 42.4 Å². The number of hydrogen-bond donors (Lipinski definition) is 3. The Morgan fingerprint density at radius 2 is 2.00 bits per heavy atom. The van der Waals surface area contributed by atoms with Crippen LogP contribution in [0.5, 0.6) is 0 Å². The summed E-state index contributed by atoms with van der Waals surface area (Å²) in [6.07, 6.45) is 8.65. The van der Waals surface area contributed by atoms with Gasteiger partial charge in [0, 0.05) is 30.8 Å². The largest absolute Gasteiger partial charge is 0.481 e. The van der Waals surface area contributed by atoms with Gasteiger partial charge in [-0.3, -0.25) is 9.59 Å². The number of aliphatic hydroxyl groups excluding tert-OH is 1. The highest BCUT2D eigenvalue weighted by Crippen LogP contribution is 2.77. The number of carbonyl (C=O) groups is 2. The van der Waals surface area contributed by atoms with Gasteiger partial charge in [0.1, 0.15) is 0 Å². The van der Waals surface area contributed by atoms with Crippen LogP contribution in [0.3, 0.4) is 0 Å². The Kier molecular flexibility index (Phi) is 4.53. The summed E-state index contributed by atoms with van der Waals surface area (Å²) in [6.45, 7) is 2.28. The number of carboxylic acid groups (broad SMARTS) is 1. The van der Waals surface area contributed by atoms with Crippen LogP contribution in [0.4, 0.5) is 0 Å². The average Bonchev–Trinajstić information content (AvgIpc) is 3.47. The fourth-order valence-electron chi connectivity index (χ4n) is 8.87. The van der Waals surface area contributed by atoms with Crippen molar-refractivity contribution in [2.75, 3.05) is 6.61 Å². The molecule has 160 valence electrons. The Bertz CT molecular complexity index is 758. The molecule has 0 saturated heterocycles. The van der Waals surface area contributed by atoms with Crippen LogP contribution in [0, 0.1) is 46.8 Å². The fourth-order valence-corrected chi connectivity index (χ4v) is 8.87. The molecule has 0 aromatic rings. The highest BCUT2D eigenvalue weighted by Gasteiger charge is 2.76. The van der Waals surface area contributed by atoms with Gasteiger partial charge in [0.15, 0.2) is 5.78 Å². The van der Waals surface area contributed by atoms with Crippen molar-refractivity contribution in [3.8, 4) is 0 Å². The van der Waals surface area contributed by atoms with Crippen molar-refractivity contribution >= 4 is 11.8 Å². The standard InChI is InChI=1S/C24H34O5/c1-2-23-7-5-16-15-4-3-14(26)10-17(15)13(12-25)9-18(16)22(23)19-11-20(19)24(23,29)8-6-21(27)28/h10,13,15-16,18-20,22,25,29H,2-9,11-12H2,1H3,(H,27,28)/t13-,15+,16+,18+,19-,20+,22+,23-,24-/m0/s1. The van der Waals surface area contributed by atoms with E-state index < -0.39 is 11.6 Å². The predicted molar refractivity (Wildman–Crippen MR) is 107 cm³/mol. The molecule has 5 nitrogen and oxygen atoms in total. The molecule has 0 radical (unpaired) electrons. The first kappa shape index (κ1) is 19.7. The Balaban J connectivity index is 1.50. The second kappa shape index (κ2) is 6.65. The third kappa shape index (κ3) is 2.59. The molecule has 0 aromatic heterocycles. The molecule has 5 aliphatic rings. The van der Waals surface area contributed by atoms with Crippen LogP contribution in [-0.2, 0) is 9.59 Å². The summed E-state index contributed by atoms with van der Waals surface area (Å²) in [7, 11) is 0. The molecular weight excluding hydrogens is 368 g/mol. The van der Waals surface area contributed by atoms with Crippen LogP contribution >= 0.6 is 0 Å². The number of aliphatic hydroxyl groups is 2. The molecule has 29 heavy (non-hydrogen) atoms. The van der Waals surface area contributed by atoms with Gasteiger partial charge in [-0.2, -0.15) is 0 Å². The summed E-state index contributed by atoms with van der Waals surface area (Å²) in [6, 6.07) is 0. The number of aliphatic carboxylic acids is 1. The lowest BCUT2D eigenvalue weighted by Gasteiger charge is -2.59. The van der Waals surface area contributed by atoms with Crippen molar-refractivity contribution in [1.29, 1.82) is 0 Å². The molecule has 3 N–H and O–H groups in total. The van der Waals surface area contributed by atoms with Crippen molar-refractivity contribution in [2.24, 2.45) is 46.8 Å². The first-order valence-electron chi connectivity index (χ1n) is 11.7. The maximum atomic E-state index is 12.1. The molecule has 0 spiro atoms. The molecule has 0 aromatic carbocycles. The van der Waals surface area contributed by atoms with Gasteiger partial charge in [0.25, 0.3) is 0 Å². The Hall–Kier alpha value is -1.20. The summed E-state index contributed by atoms with van der Waals surface area (Å²) in [5.74, 6) is 2.08. The van der Waals surface area contributed by atoms with Crippen LogP contribution in [-0.4, -0.2) is 39.3 Å².